The first-order valence-electron chi connectivity index (χ1n) is 6.47. The van der Waals surface area contributed by atoms with Crippen molar-refractivity contribution >= 4 is 21.1 Å². The Morgan fingerprint density at radius 1 is 1.25 bits per heavy atom. The van der Waals surface area contributed by atoms with Gasteiger partial charge in [-0.3, -0.25) is 0 Å². The van der Waals surface area contributed by atoms with E-state index in [1.807, 2.05) is 6.92 Å². The summed E-state index contributed by atoms with van der Waals surface area (Å²) in [6.45, 7) is 3.61. The minimum atomic E-state index is -3.54. The van der Waals surface area contributed by atoms with Crippen LogP contribution in [0.5, 0.6) is 0 Å². The van der Waals surface area contributed by atoms with Crippen LogP contribution in [0.4, 0.5) is 0 Å². The molecule has 1 aliphatic rings. The molecule has 0 aliphatic carbocycles. The molecule has 0 unspecified atom stereocenters. The second-order valence-corrected chi connectivity index (χ2v) is 6.70. The van der Waals surface area contributed by atoms with Crippen molar-refractivity contribution in [3.05, 3.63) is 28.7 Å². The zero-order valence-corrected chi connectivity index (χ0v) is 11.8. The van der Waals surface area contributed by atoms with Crippen LogP contribution in [0.2, 0.25) is 0 Å². The summed E-state index contributed by atoms with van der Waals surface area (Å²) < 4.78 is 26.8. The second kappa shape index (κ2) is 4.72. The number of fused-ring (bicyclic) bond motifs is 1. The lowest BCUT2D eigenvalue weighted by Crippen LogP contribution is -2.58. The highest BCUT2D eigenvalue weighted by molar-refractivity contribution is 7.89. The maximum absolute atomic E-state index is 12.6. The summed E-state index contributed by atoms with van der Waals surface area (Å²) >= 11 is 0. The minimum Gasteiger partial charge on any atom is -0.313 e. The van der Waals surface area contributed by atoms with Crippen LogP contribution in [-0.2, 0) is 10.0 Å². The van der Waals surface area contributed by atoms with Crippen LogP contribution in [0, 0.1) is 0 Å². The van der Waals surface area contributed by atoms with Gasteiger partial charge in [-0.2, -0.15) is 4.31 Å². The van der Waals surface area contributed by atoms with E-state index in [-0.39, 0.29) is 16.6 Å². The van der Waals surface area contributed by atoms with Crippen molar-refractivity contribution in [3.63, 3.8) is 0 Å². The van der Waals surface area contributed by atoms with Gasteiger partial charge < -0.3 is 15.3 Å². The Bertz CT molecular complexity index is 788. The summed E-state index contributed by atoms with van der Waals surface area (Å²) in [6.07, 6.45) is 0. The highest BCUT2D eigenvalue weighted by atomic mass is 32.2. The number of likely N-dealkylation sites (N-methyl/N-ethyl adjacent to an activating group) is 1. The fourth-order valence-corrected chi connectivity index (χ4v) is 4.07. The molecule has 0 atom stereocenters. The van der Waals surface area contributed by atoms with E-state index in [1.54, 1.807) is 6.07 Å². The summed E-state index contributed by atoms with van der Waals surface area (Å²) in [5, 5.41) is 3.07. The molecular formula is C12H16N4O3S. The van der Waals surface area contributed by atoms with E-state index < -0.39 is 10.0 Å². The Labute approximate surface area is 116 Å². The number of nitrogens with one attached hydrogen (secondary N) is 3. The maximum Gasteiger partial charge on any atom is 0.323 e. The molecule has 0 saturated carbocycles. The van der Waals surface area contributed by atoms with Gasteiger partial charge in [-0.15, -0.1) is 0 Å². The molecule has 2 heterocycles. The van der Waals surface area contributed by atoms with Crippen molar-refractivity contribution < 1.29 is 8.42 Å². The topological polar surface area (TPSA) is 98.1 Å². The van der Waals surface area contributed by atoms with E-state index in [0.29, 0.717) is 30.7 Å². The molecule has 1 saturated heterocycles. The zero-order valence-electron chi connectivity index (χ0n) is 11.0. The summed E-state index contributed by atoms with van der Waals surface area (Å²) in [4.78, 5) is 16.6. The summed E-state index contributed by atoms with van der Waals surface area (Å²) in [5.74, 6) is 0. The Balaban J connectivity index is 2.05. The first kappa shape index (κ1) is 13.3. The van der Waals surface area contributed by atoms with Gasteiger partial charge in [0.1, 0.15) is 0 Å². The third-order valence-electron chi connectivity index (χ3n) is 3.57. The molecule has 1 aromatic heterocycles. The van der Waals surface area contributed by atoms with Crippen LogP contribution in [0.1, 0.15) is 6.92 Å². The summed E-state index contributed by atoms with van der Waals surface area (Å²) in [6, 6.07) is 4.63. The molecule has 8 heteroatoms. The first-order chi connectivity index (χ1) is 9.52. The van der Waals surface area contributed by atoms with Crippen molar-refractivity contribution in [1.82, 2.24) is 19.6 Å². The fraction of sp³-hybridized carbons (Fsp3) is 0.417. The molecule has 3 N–H and O–H groups in total. The monoisotopic (exact) mass is 296 g/mol. The maximum atomic E-state index is 12.6. The zero-order chi connectivity index (χ0) is 14.3. The van der Waals surface area contributed by atoms with Gasteiger partial charge in [-0.25, -0.2) is 13.2 Å². The first-order valence-corrected chi connectivity index (χ1v) is 7.91. The largest absolute Gasteiger partial charge is 0.323 e. The molecule has 3 rings (SSSR count). The number of imidazole rings is 1. The quantitative estimate of drug-likeness (QED) is 0.730. The van der Waals surface area contributed by atoms with Gasteiger partial charge in [0.25, 0.3) is 0 Å². The number of hydrogen-bond donors (Lipinski definition) is 3. The van der Waals surface area contributed by atoms with Gasteiger partial charge in [0.15, 0.2) is 0 Å². The Kier molecular flexibility index (Phi) is 3.15. The highest BCUT2D eigenvalue weighted by Gasteiger charge is 2.33. The molecule has 0 bridgehead atoms. The molecule has 1 aromatic carbocycles. The van der Waals surface area contributed by atoms with Gasteiger partial charge in [-0.05, 0) is 18.2 Å². The SMILES string of the molecule is CCN(C1CNC1)S(=O)(=O)c1ccc2[nH]c(=O)[nH]c2c1. The van der Waals surface area contributed by atoms with E-state index in [1.165, 1.54) is 16.4 Å². The standard InChI is InChI=1S/C12H16N4O3S/c1-2-16(8-6-13-7-8)20(18,19)9-3-4-10-11(5-9)15-12(17)14-10/h3-5,8,13H,2,6-7H2,1H3,(H2,14,15,17). The number of nitrogens with zero attached hydrogens (tertiary/aromatic N) is 1. The summed E-state index contributed by atoms with van der Waals surface area (Å²) in [7, 11) is -3.54. The van der Waals surface area contributed by atoms with Crippen LogP contribution >= 0.6 is 0 Å². The molecule has 0 amide bonds. The predicted octanol–water partition coefficient (Wildman–Crippen LogP) is -0.161. The van der Waals surface area contributed by atoms with E-state index in [2.05, 4.69) is 15.3 Å². The Morgan fingerprint density at radius 2 is 1.95 bits per heavy atom. The van der Waals surface area contributed by atoms with E-state index in [4.69, 9.17) is 0 Å². The number of rotatable bonds is 4. The van der Waals surface area contributed by atoms with Gasteiger partial charge in [0.2, 0.25) is 10.0 Å². The van der Waals surface area contributed by atoms with Crippen molar-refractivity contribution in [2.24, 2.45) is 0 Å². The van der Waals surface area contributed by atoms with Crippen LogP contribution < -0.4 is 11.0 Å². The average molecular weight is 296 g/mol. The average Bonchev–Trinajstić information content (AvgIpc) is 2.71. The number of aromatic nitrogens is 2. The van der Waals surface area contributed by atoms with Gasteiger partial charge in [0.05, 0.1) is 15.9 Å². The molecule has 20 heavy (non-hydrogen) atoms. The Morgan fingerprint density at radius 3 is 2.55 bits per heavy atom. The van der Waals surface area contributed by atoms with Crippen molar-refractivity contribution in [3.8, 4) is 0 Å². The molecule has 0 spiro atoms. The van der Waals surface area contributed by atoms with Crippen LogP contribution in [0.25, 0.3) is 11.0 Å². The normalized spacial score (nSPS) is 16.7. The molecule has 7 nitrogen and oxygen atoms in total. The lowest BCUT2D eigenvalue weighted by Gasteiger charge is -2.36. The molecule has 1 fully saturated rings. The van der Waals surface area contributed by atoms with Crippen LogP contribution in [0.15, 0.2) is 27.9 Å². The molecule has 2 aromatic rings. The molecule has 108 valence electrons. The highest BCUT2D eigenvalue weighted by Crippen LogP contribution is 2.22. The van der Waals surface area contributed by atoms with Crippen molar-refractivity contribution in [2.45, 2.75) is 17.9 Å². The molecular weight excluding hydrogens is 280 g/mol. The fourth-order valence-electron chi connectivity index (χ4n) is 2.41. The lowest BCUT2D eigenvalue weighted by atomic mass is 10.2. The van der Waals surface area contributed by atoms with E-state index >= 15 is 0 Å². The lowest BCUT2D eigenvalue weighted by molar-refractivity contribution is 0.249. The number of H-pyrrole nitrogens is 2. The second-order valence-electron chi connectivity index (χ2n) is 4.81. The molecule has 1 aliphatic heterocycles. The number of aromatic amines is 2. The van der Waals surface area contributed by atoms with Crippen molar-refractivity contribution in [1.29, 1.82) is 0 Å². The number of sulfonamides is 1. The number of benzene rings is 1. The van der Waals surface area contributed by atoms with E-state index in [9.17, 15) is 13.2 Å². The van der Waals surface area contributed by atoms with Crippen LogP contribution in [0.3, 0.4) is 0 Å². The number of hydrogen-bond acceptors (Lipinski definition) is 4. The van der Waals surface area contributed by atoms with Gasteiger partial charge in [0, 0.05) is 25.7 Å². The molecule has 0 radical (unpaired) electrons. The van der Waals surface area contributed by atoms with Crippen LogP contribution in [-0.4, -0.2) is 48.4 Å². The van der Waals surface area contributed by atoms with Crippen molar-refractivity contribution in [2.75, 3.05) is 19.6 Å². The minimum absolute atomic E-state index is 0.00553. The Hall–Kier alpha value is -1.64. The van der Waals surface area contributed by atoms with Gasteiger partial charge >= 0.3 is 5.69 Å². The van der Waals surface area contributed by atoms with Gasteiger partial charge in [-0.1, -0.05) is 6.92 Å². The predicted molar refractivity (Wildman–Crippen MR) is 75.1 cm³/mol. The smallest absolute Gasteiger partial charge is 0.313 e. The van der Waals surface area contributed by atoms with E-state index in [0.717, 1.165) is 0 Å². The third-order valence-corrected chi connectivity index (χ3v) is 5.60. The third kappa shape index (κ3) is 2.05. The summed E-state index contributed by atoms with van der Waals surface area (Å²) in [5.41, 5.74) is 0.756.